The van der Waals surface area contributed by atoms with Crippen molar-refractivity contribution in [3.05, 3.63) is 29.3 Å². The summed E-state index contributed by atoms with van der Waals surface area (Å²) in [6, 6.07) is 4.56. The summed E-state index contributed by atoms with van der Waals surface area (Å²) in [6.45, 7) is 5.59. The van der Waals surface area contributed by atoms with Gasteiger partial charge in [0.1, 0.15) is 5.54 Å². The van der Waals surface area contributed by atoms with Crippen molar-refractivity contribution in [2.75, 3.05) is 24.5 Å². The van der Waals surface area contributed by atoms with Crippen LogP contribution in [-0.4, -0.2) is 57.9 Å². The topological polar surface area (TPSA) is 93.7 Å². The molecule has 1 aromatic carbocycles. The van der Waals surface area contributed by atoms with Crippen LogP contribution in [0.4, 0.5) is 18.9 Å². The zero-order valence-corrected chi connectivity index (χ0v) is 20.7. The Bertz CT molecular complexity index is 1040. The molecule has 0 unspecified atom stereocenters. The molecule has 2 fully saturated rings. The van der Waals surface area contributed by atoms with Crippen LogP contribution in [0.3, 0.4) is 0 Å². The van der Waals surface area contributed by atoms with E-state index in [1.54, 1.807) is 24.8 Å². The van der Waals surface area contributed by atoms with E-state index in [2.05, 4.69) is 4.90 Å². The second-order valence-corrected chi connectivity index (χ2v) is 9.85. The van der Waals surface area contributed by atoms with Crippen LogP contribution in [0, 0.1) is 11.3 Å². The van der Waals surface area contributed by atoms with Crippen molar-refractivity contribution in [2.45, 2.75) is 70.1 Å². The number of halogens is 3. The van der Waals surface area contributed by atoms with Crippen LogP contribution in [-0.2, 0) is 15.8 Å². The van der Waals surface area contributed by atoms with Crippen LogP contribution in [0.5, 0.6) is 0 Å². The quantitative estimate of drug-likeness (QED) is 0.402. The van der Waals surface area contributed by atoms with E-state index >= 15 is 0 Å². The second-order valence-electron chi connectivity index (χ2n) is 9.48. The Morgan fingerprint density at radius 2 is 1.89 bits per heavy atom. The third-order valence-corrected chi connectivity index (χ3v) is 7.18. The first kappa shape index (κ1) is 26.9. The first-order valence-corrected chi connectivity index (χ1v) is 12.1. The fourth-order valence-corrected chi connectivity index (χ4v) is 5.30. The molecule has 35 heavy (non-hydrogen) atoms. The van der Waals surface area contributed by atoms with E-state index in [1.807, 2.05) is 0 Å². The van der Waals surface area contributed by atoms with Gasteiger partial charge in [0, 0.05) is 6.54 Å². The number of anilines is 1. The molecule has 7 nitrogen and oxygen atoms in total. The van der Waals surface area contributed by atoms with Gasteiger partial charge in [-0.3, -0.25) is 19.4 Å². The van der Waals surface area contributed by atoms with Crippen molar-refractivity contribution < 1.29 is 22.8 Å². The number of carbonyl (C=O) groups excluding carboxylic acids is 2. The predicted molar refractivity (Wildman–Crippen MR) is 129 cm³/mol. The number of rotatable bonds is 9. The summed E-state index contributed by atoms with van der Waals surface area (Å²) in [5.41, 5.74) is 2.84. The Labute approximate surface area is 208 Å². The van der Waals surface area contributed by atoms with Crippen molar-refractivity contribution in [3.8, 4) is 6.07 Å². The van der Waals surface area contributed by atoms with Crippen LogP contribution in [0.2, 0.25) is 0 Å². The summed E-state index contributed by atoms with van der Waals surface area (Å²) in [6.07, 6.45) is 0.555. The third-order valence-electron chi connectivity index (χ3n) is 6.78. The number of amides is 2. The molecular weight excluding hydrogens is 479 g/mol. The Morgan fingerprint density at radius 1 is 1.23 bits per heavy atom. The van der Waals surface area contributed by atoms with Crippen molar-refractivity contribution >= 4 is 34.8 Å². The van der Waals surface area contributed by atoms with Crippen molar-refractivity contribution in [3.63, 3.8) is 0 Å². The van der Waals surface area contributed by atoms with Gasteiger partial charge in [-0.25, -0.2) is 0 Å². The Hall–Kier alpha value is -2.71. The summed E-state index contributed by atoms with van der Waals surface area (Å²) in [5, 5.41) is 9.19. The zero-order valence-electron chi connectivity index (χ0n) is 19.9. The van der Waals surface area contributed by atoms with Crippen molar-refractivity contribution in [1.82, 2.24) is 9.80 Å². The van der Waals surface area contributed by atoms with Crippen LogP contribution in [0.25, 0.3) is 0 Å². The van der Waals surface area contributed by atoms with E-state index in [1.165, 1.54) is 6.07 Å². The molecule has 2 amide bonds. The summed E-state index contributed by atoms with van der Waals surface area (Å²) in [4.78, 5) is 29.6. The predicted octanol–water partition coefficient (Wildman–Crippen LogP) is 3.80. The number of nitrogens with two attached hydrogens (primary N) is 1. The molecule has 0 aliphatic carbocycles. The molecule has 0 bridgehead atoms. The summed E-state index contributed by atoms with van der Waals surface area (Å²) < 4.78 is 40.3. The number of carbonyl (C=O) groups is 2. The number of nitrogens with zero attached hydrogens (tertiary/aromatic N) is 4. The number of nitriles is 1. The average Bonchev–Trinajstić information content (AvgIpc) is 3.32. The molecular formula is C24H30F3N5O2S. The van der Waals surface area contributed by atoms with Crippen LogP contribution < -0.4 is 10.6 Å². The Morgan fingerprint density at radius 3 is 2.49 bits per heavy atom. The number of unbranched alkanes of at least 4 members (excludes halogenated alkanes) is 3. The van der Waals surface area contributed by atoms with Gasteiger partial charge in [-0.15, -0.1) is 0 Å². The molecule has 2 saturated heterocycles. The minimum atomic E-state index is -4.73. The molecule has 0 radical (unpaired) electrons. The average molecular weight is 510 g/mol. The van der Waals surface area contributed by atoms with Gasteiger partial charge >= 0.3 is 6.18 Å². The minimum absolute atomic E-state index is 0.00322. The molecule has 0 spiro atoms. The van der Waals surface area contributed by atoms with E-state index in [0.717, 1.165) is 68.6 Å². The van der Waals surface area contributed by atoms with Crippen LogP contribution in [0.1, 0.15) is 63.5 Å². The van der Waals surface area contributed by atoms with Gasteiger partial charge in [0.05, 0.1) is 28.9 Å². The lowest BCUT2D eigenvalue weighted by molar-refractivity contribution is -0.137. The summed E-state index contributed by atoms with van der Waals surface area (Å²) >= 11 is 5.51. The monoisotopic (exact) mass is 509 g/mol. The number of benzene rings is 1. The number of primary amides is 1. The molecule has 1 aromatic rings. The lowest BCUT2D eigenvalue weighted by Crippen LogP contribution is -2.44. The fourth-order valence-electron chi connectivity index (χ4n) is 4.80. The first-order chi connectivity index (χ1) is 16.4. The van der Waals surface area contributed by atoms with E-state index in [4.69, 9.17) is 23.2 Å². The zero-order chi connectivity index (χ0) is 26.0. The smallest absolute Gasteiger partial charge is 0.368 e. The SMILES string of the molecule is CC1(C)C(=O)N(c2ccc(C#N)c(C(F)(F)F)c2)C(=S)N1CCCCCCN1CCC[C@@H]1C(N)=O. The van der Waals surface area contributed by atoms with Crippen LogP contribution in [0.15, 0.2) is 18.2 Å². The molecule has 190 valence electrons. The molecule has 0 aromatic heterocycles. The van der Waals surface area contributed by atoms with Gasteiger partial charge < -0.3 is 10.6 Å². The minimum Gasteiger partial charge on any atom is -0.368 e. The highest BCUT2D eigenvalue weighted by Gasteiger charge is 2.49. The maximum Gasteiger partial charge on any atom is 0.417 e. The normalized spacial score (nSPS) is 20.5. The molecule has 11 heteroatoms. The highest BCUT2D eigenvalue weighted by atomic mass is 32.1. The number of hydrogen-bond donors (Lipinski definition) is 1. The maximum atomic E-state index is 13.4. The summed E-state index contributed by atoms with van der Waals surface area (Å²) in [5.74, 6) is -0.682. The largest absolute Gasteiger partial charge is 0.417 e. The van der Waals surface area contributed by atoms with Gasteiger partial charge in [0.15, 0.2) is 5.11 Å². The van der Waals surface area contributed by atoms with Gasteiger partial charge in [-0.2, -0.15) is 18.4 Å². The standard InChI is InChI=1S/C24H30F3N5O2S/c1-23(2)21(34)32(17-10-9-16(15-28)18(14-17)24(25,26)27)22(35)31(23)13-6-4-3-5-11-30-12-7-8-19(30)20(29)33/h9-10,14,19H,3-8,11-13H2,1-2H3,(H2,29,33)/t19-/m1/s1. The Balaban J connectivity index is 1.60. The van der Waals surface area contributed by atoms with Gasteiger partial charge in [0.25, 0.3) is 5.91 Å². The van der Waals surface area contributed by atoms with Crippen molar-refractivity contribution in [2.24, 2.45) is 5.73 Å². The second kappa shape index (κ2) is 10.5. The van der Waals surface area contributed by atoms with E-state index in [9.17, 15) is 22.8 Å². The number of thiocarbonyl (C=S) groups is 1. The molecule has 2 aliphatic heterocycles. The van der Waals surface area contributed by atoms with Crippen LogP contribution >= 0.6 is 12.2 Å². The van der Waals surface area contributed by atoms with Gasteiger partial charge in [0.2, 0.25) is 5.91 Å². The van der Waals surface area contributed by atoms with E-state index in [0.29, 0.717) is 6.54 Å². The molecule has 2 heterocycles. The molecule has 2 N–H and O–H groups in total. The number of hydrogen-bond acceptors (Lipinski definition) is 5. The van der Waals surface area contributed by atoms with Gasteiger partial charge in [-0.1, -0.05) is 12.8 Å². The molecule has 0 saturated carbocycles. The number of alkyl halides is 3. The maximum absolute atomic E-state index is 13.4. The van der Waals surface area contributed by atoms with Gasteiger partial charge in [-0.05, 0) is 83.0 Å². The first-order valence-electron chi connectivity index (χ1n) is 11.7. The third kappa shape index (κ3) is 5.59. The highest BCUT2D eigenvalue weighted by molar-refractivity contribution is 7.80. The molecule has 1 atom stereocenters. The fraction of sp³-hybridized carbons (Fsp3) is 0.583. The highest BCUT2D eigenvalue weighted by Crippen LogP contribution is 2.38. The summed E-state index contributed by atoms with van der Waals surface area (Å²) in [7, 11) is 0. The molecule has 2 aliphatic rings. The lowest BCUT2D eigenvalue weighted by atomic mass is 10.0. The number of likely N-dealkylation sites (tertiary alicyclic amines) is 1. The van der Waals surface area contributed by atoms with Crippen molar-refractivity contribution in [1.29, 1.82) is 5.26 Å². The van der Waals surface area contributed by atoms with E-state index < -0.39 is 28.7 Å². The lowest BCUT2D eigenvalue weighted by Gasteiger charge is -2.29. The van der Waals surface area contributed by atoms with E-state index in [-0.39, 0.29) is 22.7 Å². The molecule has 3 rings (SSSR count). The Kier molecular flexibility index (Phi) is 8.07.